The van der Waals surface area contributed by atoms with Gasteiger partial charge >= 0.3 is 0 Å². The Bertz CT molecular complexity index is 433. The van der Waals surface area contributed by atoms with Crippen LogP contribution in [0.5, 0.6) is 5.75 Å². The third-order valence-corrected chi connectivity index (χ3v) is 2.81. The lowest BCUT2D eigenvalue weighted by Crippen LogP contribution is -1.76. The molecule has 1 aromatic heterocycles. The maximum atomic E-state index is 11.2. The van der Waals surface area contributed by atoms with E-state index in [1.165, 1.54) is 0 Å². The molecule has 0 bridgehead atoms. The average molecular weight is 178 g/mol. The van der Waals surface area contributed by atoms with E-state index in [1.54, 1.807) is 17.4 Å². The standard InChI is InChI=1S/C9H8NOS/c1-5-7(11)3-4-8-9(5)10-6(2)12-8/h3-4H,1-2H3. The number of nitrogens with zero attached hydrogens (tertiary/aromatic N) is 1. The van der Waals surface area contributed by atoms with Crippen molar-refractivity contribution in [3.05, 3.63) is 22.7 Å². The molecule has 0 aliphatic carbocycles. The van der Waals surface area contributed by atoms with Gasteiger partial charge in [-0.15, -0.1) is 11.3 Å². The quantitative estimate of drug-likeness (QED) is 0.610. The zero-order valence-corrected chi connectivity index (χ0v) is 7.73. The molecule has 1 radical (unpaired) electrons. The van der Waals surface area contributed by atoms with Crippen LogP contribution in [0.1, 0.15) is 10.6 Å². The van der Waals surface area contributed by atoms with E-state index < -0.39 is 0 Å². The van der Waals surface area contributed by atoms with Gasteiger partial charge in [-0.1, -0.05) is 0 Å². The number of rotatable bonds is 0. The zero-order chi connectivity index (χ0) is 8.72. The van der Waals surface area contributed by atoms with Crippen molar-refractivity contribution in [2.24, 2.45) is 0 Å². The summed E-state index contributed by atoms with van der Waals surface area (Å²) in [6, 6.07) is 3.45. The van der Waals surface area contributed by atoms with Crippen LogP contribution in [0.25, 0.3) is 10.2 Å². The smallest absolute Gasteiger partial charge is 0.183 e. The molecule has 0 spiro atoms. The van der Waals surface area contributed by atoms with Gasteiger partial charge in [0.15, 0.2) is 5.75 Å². The Kier molecular flexibility index (Phi) is 1.54. The lowest BCUT2D eigenvalue weighted by Gasteiger charge is -1.93. The first-order valence-corrected chi connectivity index (χ1v) is 4.54. The second kappa shape index (κ2) is 2.45. The summed E-state index contributed by atoms with van der Waals surface area (Å²) in [7, 11) is 0. The Morgan fingerprint density at radius 2 is 2.08 bits per heavy atom. The minimum atomic E-state index is 0.0767. The second-order valence-electron chi connectivity index (χ2n) is 2.77. The summed E-state index contributed by atoms with van der Waals surface area (Å²) in [6.07, 6.45) is 0. The van der Waals surface area contributed by atoms with Crippen molar-refractivity contribution in [1.82, 2.24) is 4.98 Å². The molecule has 0 unspecified atom stereocenters. The molecule has 0 atom stereocenters. The molecule has 1 aromatic carbocycles. The molecule has 61 valence electrons. The predicted molar refractivity (Wildman–Crippen MR) is 49.2 cm³/mol. The Morgan fingerprint density at radius 3 is 2.83 bits per heavy atom. The number of fused-ring (bicyclic) bond motifs is 1. The van der Waals surface area contributed by atoms with E-state index in [0.717, 1.165) is 20.8 Å². The first kappa shape index (κ1) is 7.55. The molecule has 0 saturated carbocycles. The SMILES string of the molecule is Cc1nc2c(C)c([O])ccc2s1. The van der Waals surface area contributed by atoms with Crippen LogP contribution >= 0.6 is 11.3 Å². The van der Waals surface area contributed by atoms with Crippen molar-refractivity contribution >= 4 is 21.6 Å². The molecule has 2 nitrogen and oxygen atoms in total. The summed E-state index contributed by atoms with van der Waals surface area (Å²) in [4.78, 5) is 4.29. The molecule has 0 amide bonds. The van der Waals surface area contributed by atoms with Crippen molar-refractivity contribution in [3.8, 4) is 5.75 Å². The zero-order valence-electron chi connectivity index (χ0n) is 6.92. The molecule has 0 saturated heterocycles. The number of aromatic nitrogens is 1. The molecule has 1 heterocycles. The Balaban J connectivity index is 2.89. The predicted octanol–water partition coefficient (Wildman–Crippen LogP) is 3.06. The number of benzene rings is 1. The molecule has 2 aromatic rings. The third-order valence-electron chi connectivity index (χ3n) is 1.87. The van der Waals surface area contributed by atoms with Gasteiger partial charge in [0.2, 0.25) is 0 Å². The molecular weight excluding hydrogens is 170 g/mol. The van der Waals surface area contributed by atoms with Crippen LogP contribution in [0, 0.1) is 13.8 Å². The summed E-state index contributed by atoms with van der Waals surface area (Å²) in [5.74, 6) is 0.0767. The summed E-state index contributed by atoms with van der Waals surface area (Å²) < 4.78 is 1.10. The molecule has 0 N–H and O–H groups in total. The van der Waals surface area contributed by atoms with E-state index in [1.807, 2.05) is 19.9 Å². The van der Waals surface area contributed by atoms with Crippen LogP contribution in [0.15, 0.2) is 12.1 Å². The van der Waals surface area contributed by atoms with Crippen LogP contribution < -0.4 is 0 Å². The fourth-order valence-corrected chi connectivity index (χ4v) is 2.10. The van der Waals surface area contributed by atoms with E-state index in [4.69, 9.17) is 0 Å². The number of aryl methyl sites for hydroxylation is 2. The van der Waals surface area contributed by atoms with Gasteiger partial charge in [0.25, 0.3) is 0 Å². The minimum absolute atomic E-state index is 0.0767. The third kappa shape index (κ3) is 0.975. The Labute approximate surface area is 74.5 Å². The first-order chi connectivity index (χ1) is 5.68. The topological polar surface area (TPSA) is 32.8 Å². The average Bonchev–Trinajstić information content (AvgIpc) is 2.39. The highest BCUT2D eigenvalue weighted by Crippen LogP contribution is 2.29. The Morgan fingerprint density at radius 1 is 1.33 bits per heavy atom. The second-order valence-corrected chi connectivity index (χ2v) is 4.00. The van der Waals surface area contributed by atoms with Gasteiger partial charge in [-0.25, -0.2) is 4.98 Å². The van der Waals surface area contributed by atoms with E-state index in [9.17, 15) is 5.11 Å². The molecule has 0 aliphatic heterocycles. The van der Waals surface area contributed by atoms with E-state index in [-0.39, 0.29) is 5.75 Å². The van der Waals surface area contributed by atoms with Crippen molar-refractivity contribution < 1.29 is 5.11 Å². The summed E-state index contributed by atoms with van der Waals surface area (Å²) in [6.45, 7) is 3.78. The van der Waals surface area contributed by atoms with Crippen LogP contribution in [0.3, 0.4) is 0 Å². The van der Waals surface area contributed by atoms with Crippen molar-refractivity contribution in [2.75, 3.05) is 0 Å². The fourth-order valence-electron chi connectivity index (χ4n) is 1.22. The van der Waals surface area contributed by atoms with Gasteiger partial charge < -0.3 is 0 Å². The van der Waals surface area contributed by atoms with Gasteiger partial charge in [-0.2, -0.15) is 0 Å². The molecule has 2 rings (SSSR count). The van der Waals surface area contributed by atoms with Crippen LogP contribution in [-0.4, -0.2) is 4.98 Å². The van der Waals surface area contributed by atoms with Gasteiger partial charge in [-0.05, 0) is 26.0 Å². The largest absolute Gasteiger partial charge is 0.290 e. The van der Waals surface area contributed by atoms with Gasteiger partial charge in [0, 0.05) is 5.56 Å². The summed E-state index contributed by atoms with van der Waals surface area (Å²) >= 11 is 1.62. The first-order valence-electron chi connectivity index (χ1n) is 3.72. The number of hydrogen-bond acceptors (Lipinski definition) is 2. The van der Waals surface area contributed by atoms with Crippen LogP contribution in [0.4, 0.5) is 0 Å². The van der Waals surface area contributed by atoms with E-state index in [0.29, 0.717) is 0 Å². The van der Waals surface area contributed by atoms with Gasteiger partial charge in [-0.3, -0.25) is 5.11 Å². The van der Waals surface area contributed by atoms with Gasteiger partial charge in [0.05, 0.1) is 15.2 Å². The number of thiazole rings is 1. The van der Waals surface area contributed by atoms with Crippen molar-refractivity contribution in [3.63, 3.8) is 0 Å². The van der Waals surface area contributed by atoms with Crippen LogP contribution in [0.2, 0.25) is 0 Å². The molecular formula is C9H8NOS. The van der Waals surface area contributed by atoms with E-state index in [2.05, 4.69) is 4.98 Å². The highest BCUT2D eigenvalue weighted by molar-refractivity contribution is 7.18. The van der Waals surface area contributed by atoms with E-state index >= 15 is 0 Å². The molecule has 12 heavy (non-hydrogen) atoms. The van der Waals surface area contributed by atoms with Gasteiger partial charge in [0.1, 0.15) is 0 Å². The highest BCUT2D eigenvalue weighted by Gasteiger charge is 2.07. The number of hydrogen-bond donors (Lipinski definition) is 0. The lowest BCUT2D eigenvalue weighted by molar-refractivity contribution is 0.352. The Hall–Kier alpha value is -1.09. The summed E-state index contributed by atoms with van der Waals surface area (Å²) in [5.41, 5.74) is 1.63. The van der Waals surface area contributed by atoms with Crippen molar-refractivity contribution in [2.45, 2.75) is 13.8 Å². The monoisotopic (exact) mass is 178 g/mol. The highest BCUT2D eigenvalue weighted by atomic mass is 32.1. The fraction of sp³-hybridized carbons (Fsp3) is 0.222. The normalized spacial score (nSPS) is 10.8. The minimum Gasteiger partial charge on any atom is -0.290 e. The lowest BCUT2D eigenvalue weighted by atomic mass is 10.2. The maximum Gasteiger partial charge on any atom is 0.183 e. The maximum absolute atomic E-state index is 11.2. The van der Waals surface area contributed by atoms with Crippen molar-refractivity contribution in [1.29, 1.82) is 0 Å². The molecule has 3 heteroatoms. The summed E-state index contributed by atoms with van der Waals surface area (Å²) in [5, 5.41) is 12.2. The molecule has 0 aliphatic rings. The van der Waals surface area contributed by atoms with Crippen LogP contribution in [-0.2, 0) is 5.11 Å². The molecule has 0 fully saturated rings.